The largest absolute Gasteiger partial charge is 0.493 e. The van der Waals surface area contributed by atoms with Crippen molar-refractivity contribution in [3.05, 3.63) is 50.2 Å². The molecule has 1 aliphatic heterocycles. The van der Waals surface area contributed by atoms with Gasteiger partial charge in [0.25, 0.3) is 5.91 Å². The predicted molar refractivity (Wildman–Crippen MR) is 106 cm³/mol. The second kappa shape index (κ2) is 6.63. The molecule has 7 heteroatoms. The third-order valence-electron chi connectivity index (χ3n) is 4.61. The van der Waals surface area contributed by atoms with E-state index in [-0.39, 0.29) is 11.9 Å². The Kier molecular flexibility index (Phi) is 4.44. The SMILES string of the molecule is Cc1nc(C)c2c(C)c(C(=O)NC3CCOc4ccc(Br)cc43)sc2n1. The van der Waals surface area contributed by atoms with Crippen LogP contribution in [-0.2, 0) is 0 Å². The highest BCUT2D eigenvalue weighted by atomic mass is 79.9. The number of ether oxygens (including phenoxy) is 1. The van der Waals surface area contributed by atoms with Crippen LogP contribution in [0.4, 0.5) is 0 Å². The van der Waals surface area contributed by atoms with Crippen LogP contribution in [0.1, 0.15) is 44.8 Å². The number of nitrogens with zero attached hydrogens (tertiary/aromatic N) is 2. The quantitative estimate of drug-likeness (QED) is 0.641. The Hall–Kier alpha value is -1.99. The number of amides is 1. The standard InChI is InChI=1S/C19H18BrN3O2S/c1-9-16-10(2)21-11(3)22-19(16)26-17(9)18(24)23-14-6-7-25-15-5-4-12(20)8-13(14)15/h4-5,8,14H,6-7H2,1-3H3,(H,23,24). The number of rotatable bonds is 2. The normalized spacial score (nSPS) is 16.2. The number of aryl methyl sites for hydroxylation is 3. The number of benzene rings is 1. The van der Waals surface area contributed by atoms with Gasteiger partial charge in [-0.3, -0.25) is 4.79 Å². The first kappa shape index (κ1) is 17.4. The lowest BCUT2D eigenvalue weighted by Gasteiger charge is -2.26. The molecular weight excluding hydrogens is 414 g/mol. The summed E-state index contributed by atoms with van der Waals surface area (Å²) in [4.78, 5) is 23.5. The van der Waals surface area contributed by atoms with Crippen LogP contribution in [0.2, 0.25) is 0 Å². The summed E-state index contributed by atoms with van der Waals surface area (Å²) < 4.78 is 6.68. The van der Waals surface area contributed by atoms with E-state index in [1.807, 2.05) is 39.0 Å². The van der Waals surface area contributed by atoms with Crippen LogP contribution in [0.25, 0.3) is 10.2 Å². The van der Waals surface area contributed by atoms with Crippen molar-refractivity contribution in [2.24, 2.45) is 0 Å². The van der Waals surface area contributed by atoms with E-state index >= 15 is 0 Å². The van der Waals surface area contributed by atoms with Gasteiger partial charge in [-0.05, 0) is 44.5 Å². The molecule has 0 bridgehead atoms. The summed E-state index contributed by atoms with van der Waals surface area (Å²) in [5, 5.41) is 4.16. The highest BCUT2D eigenvalue weighted by molar-refractivity contribution is 9.10. The molecule has 1 atom stereocenters. The second-order valence-corrected chi connectivity index (χ2v) is 8.35. The molecule has 0 saturated carbocycles. The van der Waals surface area contributed by atoms with Crippen molar-refractivity contribution in [2.75, 3.05) is 6.61 Å². The fourth-order valence-electron chi connectivity index (χ4n) is 3.43. The van der Waals surface area contributed by atoms with E-state index in [0.717, 1.165) is 49.5 Å². The topological polar surface area (TPSA) is 64.1 Å². The number of hydrogen-bond donors (Lipinski definition) is 1. The van der Waals surface area contributed by atoms with Gasteiger partial charge in [-0.2, -0.15) is 0 Å². The second-order valence-electron chi connectivity index (χ2n) is 6.44. The summed E-state index contributed by atoms with van der Waals surface area (Å²) in [7, 11) is 0. The van der Waals surface area contributed by atoms with E-state index in [9.17, 15) is 4.79 Å². The van der Waals surface area contributed by atoms with Crippen molar-refractivity contribution < 1.29 is 9.53 Å². The van der Waals surface area contributed by atoms with Crippen molar-refractivity contribution >= 4 is 43.4 Å². The third kappa shape index (κ3) is 2.99. The first-order valence-electron chi connectivity index (χ1n) is 8.41. The Morgan fingerprint density at radius 1 is 1.31 bits per heavy atom. The Morgan fingerprint density at radius 3 is 2.92 bits per heavy atom. The van der Waals surface area contributed by atoms with Crippen LogP contribution in [0.5, 0.6) is 5.75 Å². The fourth-order valence-corrected chi connectivity index (χ4v) is 4.99. The van der Waals surface area contributed by atoms with Gasteiger partial charge in [0.15, 0.2) is 0 Å². The molecule has 26 heavy (non-hydrogen) atoms. The van der Waals surface area contributed by atoms with Gasteiger partial charge in [-0.25, -0.2) is 9.97 Å². The molecule has 134 valence electrons. The van der Waals surface area contributed by atoms with E-state index in [2.05, 4.69) is 31.2 Å². The van der Waals surface area contributed by atoms with Gasteiger partial charge in [-0.15, -0.1) is 11.3 Å². The van der Waals surface area contributed by atoms with Crippen molar-refractivity contribution in [1.29, 1.82) is 0 Å². The van der Waals surface area contributed by atoms with Gasteiger partial charge in [0, 0.05) is 27.5 Å². The van der Waals surface area contributed by atoms with Gasteiger partial charge >= 0.3 is 0 Å². The number of carbonyl (C=O) groups excluding carboxylic acids is 1. The van der Waals surface area contributed by atoms with Gasteiger partial charge in [0.1, 0.15) is 16.4 Å². The lowest BCUT2D eigenvalue weighted by atomic mass is 10.0. The molecule has 0 fully saturated rings. The summed E-state index contributed by atoms with van der Waals surface area (Å²) in [5.74, 6) is 1.49. The molecule has 1 amide bonds. The number of thiophene rings is 1. The van der Waals surface area contributed by atoms with Crippen LogP contribution in [-0.4, -0.2) is 22.5 Å². The molecule has 0 aliphatic carbocycles. The molecule has 1 aliphatic rings. The van der Waals surface area contributed by atoms with E-state index in [1.54, 1.807) is 0 Å². The zero-order valence-electron chi connectivity index (χ0n) is 14.7. The minimum absolute atomic E-state index is 0.0673. The highest BCUT2D eigenvalue weighted by Crippen LogP contribution is 2.36. The minimum atomic E-state index is -0.0691. The molecule has 0 radical (unpaired) electrons. The smallest absolute Gasteiger partial charge is 0.262 e. The molecule has 0 spiro atoms. The first-order chi connectivity index (χ1) is 12.4. The van der Waals surface area contributed by atoms with Crippen molar-refractivity contribution in [3.8, 4) is 5.75 Å². The molecular formula is C19H18BrN3O2S. The Balaban J connectivity index is 1.68. The number of fused-ring (bicyclic) bond motifs is 2. The molecule has 1 unspecified atom stereocenters. The molecule has 3 heterocycles. The molecule has 0 saturated heterocycles. The summed E-state index contributed by atoms with van der Waals surface area (Å²) >= 11 is 4.93. The maximum atomic E-state index is 13.0. The number of halogens is 1. The summed E-state index contributed by atoms with van der Waals surface area (Å²) in [6.45, 7) is 6.39. The van der Waals surface area contributed by atoms with Crippen LogP contribution in [0.15, 0.2) is 22.7 Å². The number of aromatic nitrogens is 2. The van der Waals surface area contributed by atoms with Crippen molar-refractivity contribution in [3.63, 3.8) is 0 Å². The minimum Gasteiger partial charge on any atom is -0.493 e. The van der Waals surface area contributed by atoms with Gasteiger partial charge < -0.3 is 10.1 Å². The molecule has 4 rings (SSSR count). The molecule has 5 nitrogen and oxygen atoms in total. The average Bonchev–Trinajstić information content (AvgIpc) is 2.92. The molecule has 1 N–H and O–H groups in total. The Morgan fingerprint density at radius 2 is 2.12 bits per heavy atom. The Labute approximate surface area is 163 Å². The number of nitrogens with one attached hydrogen (secondary N) is 1. The summed E-state index contributed by atoms with van der Waals surface area (Å²) in [6, 6.07) is 5.82. The maximum absolute atomic E-state index is 13.0. The van der Waals surface area contributed by atoms with Gasteiger partial charge in [0.2, 0.25) is 0 Å². The van der Waals surface area contributed by atoms with Crippen LogP contribution in [0, 0.1) is 20.8 Å². The van der Waals surface area contributed by atoms with Crippen molar-refractivity contribution in [1.82, 2.24) is 15.3 Å². The summed E-state index contributed by atoms with van der Waals surface area (Å²) in [6.07, 6.45) is 0.747. The van der Waals surface area contributed by atoms with Gasteiger partial charge in [-0.1, -0.05) is 15.9 Å². The lowest BCUT2D eigenvalue weighted by molar-refractivity contribution is 0.0928. The average molecular weight is 432 g/mol. The zero-order valence-corrected chi connectivity index (χ0v) is 17.1. The zero-order chi connectivity index (χ0) is 18.4. The highest BCUT2D eigenvalue weighted by Gasteiger charge is 2.26. The van der Waals surface area contributed by atoms with Crippen LogP contribution >= 0.6 is 27.3 Å². The van der Waals surface area contributed by atoms with Gasteiger partial charge in [0.05, 0.1) is 17.5 Å². The molecule has 2 aromatic heterocycles. The van der Waals surface area contributed by atoms with Crippen LogP contribution < -0.4 is 10.1 Å². The summed E-state index contributed by atoms with van der Waals surface area (Å²) in [5.41, 5.74) is 2.87. The molecule has 1 aromatic carbocycles. The third-order valence-corrected chi connectivity index (χ3v) is 6.28. The van der Waals surface area contributed by atoms with E-state index < -0.39 is 0 Å². The monoisotopic (exact) mass is 431 g/mol. The fraction of sp³-hybridized carbons (Fsp3) is 0.316. The number of carbonyl (C=O) groups is 1. The number of hydrogen-bond acceptors (Lipinski definition) is 5. The predicted octanol–water partition coefficient (Wildman–Crippen LogP) is 4.63. The van der Waals surface area contributed by atoms with E-state index in [0.29, 0.717) is 11.5 Å². The first-order valence-corrected chi connectivity index (χ1v) is 10.0. The maximum Gasteiger partial charge on any atom is 0.262 e. The lowest BCUT2D eigenvalue weighted by Crippen LogP contribution is -2.32. The van der Waals surface area contributed by atoms with Crippen LogP contribution in [0.3, 0.4) is 0 Å². The Bertz CT molecular complexity index is 1030. The van der Waals surface area contributed by atoms with Crippen molar-refractivity contribution in [2.45, 2.75) is 33.2 Å². The van der Waals surface area contributed by atoms with E-state index in [1.165, 1.54) is 11.3 Å². The van der Waals surface area contributed by atoms with E-state index in [4.69, 9.17) is 4.74 Å². The molecule has 3 aromatic rings.